The summed E-state index contributed by atoms with van der Waals surface area (Å²) in [6, 6.07) is 7.43. The van der Waals surface area contributed by atoms with Crippen LogP contribution in [0.4, 0.5) is 0 Å². The molecule has 0 spiro atoms. The van der Waals surface area contributed by atoms with Crippen LogP contribution in [-0.4, -0.2) is 12.5 Å². The van der Waals surface area contributed by atoms with E-state index < -0.39 is 0 Å². The molecule has 1 aliphatic heterocycles. The molecule has 0 saturated carbocycles. The molecule has 4 nitrogen and oxygen atoms in total. The molecule has 0 aromatic heterocycles. The molecule has 1 aliphatic rings. The van der Waals surface area contributed by atoms with Crippen molar-refractivity contribution in [2.45, 2.75) is 6.04 Å². The number of benzene rings is 1. The molecule has 0 saturated heterocycles. The minimum atomic E-state index is -0.179. The maximum absolute atomic E-state index is 11.2. The zero-order valence-electron chi connectivity index (χ0n) is 8.14. The van der Waals surface area contributed by atoms with E-state index in [2.05, 4.69) is 5.32 Å². The lowest BCUT2D eigenvalue weighted by Crippen LogP contribution is -2.33. The van der Waals surface area contributed by atoms with Crippen LogP contribution in [0.25, 0.3) is 0 Å². The van der Waals surface area contributed by atoms with Crippen molar-refractivity contribution in [2.24, 2.45) is 5.73 Å². The molecule has 1 aromatic carbocycles. The van der Waals surface area contributed by atoms with E-state index in [4.69, 9.17) is 10.5 Å². The molecule has 0 aliphatic carbocycles. The third kappa shape index (κ3) is 1.99. The monoisotopic (exact) mass is 204 g/mol. The van der Waals surface area contributed by atoms with Gasteiger partial charge in [-0.1, -0.05) is 18.2 Å². The first kappa shape index (κ1) is 9.73. The average Bonchev–Trinajstić information content (AvgIpc) is 2.29. The normalized spacial score (nSPS) is 17.8. The van der Waals surface area contributed by atoms with E-state index in [1.54, 1.807) is 12.3 Å². The van der Waals surface area contributed by atoms with Gasteiger partial charge in [0.25, 0.3) is 0 Å². The Labute approximate surface area is 87.7 Å². The smallest absolute Gasteiger partial charge is 0.234 e. The van der Waals surface area contributed by atoms with E-state index in [0.29, 0.717) is 0 Å². The number of hydrogen-bond donors (Lipinski definition) is 2. The van der Waals surface area contributed by atoms with Gasteiger partial charge in [-0.25, -0.2) is 0 Å². The van der Waals surface area contributed by atoms with Gasteiger partial charge in [0.1, 0.15) is 5.75 Å². The highest BCUT2D eigenvalue weighted by Crippen LogP contribution is 2.29. The summed E-state index contributed by atoms with van der Waals surface area (Å²) in [5.74, 6) is 0.587. The Bertz CT molecular complexity index is 401. The van der Waals surface area contributed by atoms with Crippen LogP contribution in [0.3, 0.4) is 0 Å². The van der Waals surface area contributed by atoms with Crippen LogP contribution in [0.2, 0.25) is 0 Å². The molecule has 3 N–H and O–H groups in total. The predicted molar refractivity (Wildman–Crippen MR) is 56.1 cm³/mol. The molecule has 15 heavy (non-hydrogen) atoms. The number of carbonyl (C=O) groups excluding carboxylic acids is 1. The highest BCUT2D eigenvalue weighted by atomic mass is 16.5. The molecule has 2 rings (SSSR count). The minimum absolute atomic E-state index is 0.00658. The van der Waals surface area contributed by atoms with Crippen LogP contribution in [0.5, 0.6) is 5.75 Å². The number of para-hydroxylation sites is 1. The van der Waals surface area contributed by atoms with Crippen molar-refractivity contribution < 1.29 is 9.53 Å². The number of ether oxygens (including phenoxy) is 1. The van der Waals surface area contributed by atoms with E-state index in [1.807, 2.05) is 24.3 Å². The van der Waals surface area contributed by atoms with Gasteiger partial charge in [0.2, 0.25) is 5.91 Å². The molecule has 0 fully saturated rings. The number of rotatable bonds is 2. The first-order chi connectivity index (χ1) is 7.31. The minimum Gasteiger partial charge on any atom is -0.465 e. The Kier molecular flexibility index (Phi) is 2.69. The van der Waals surface area contributed by atoms with Crippen molar-refractivity contribution in [1.82, 2.24) is 5.32 Å². The second kappa shape index (κ2) is 4.14. The lowest BCUT2D eigenvalue weighted by atomic mass is 10.0. The number of amides is 1. The van der Waals surface area contributed by atoms with Gasteiger partial charge in [0, 0.05) is 5.56 Å². The van der Waals surface area contributed by atoms with Crippen LogP contribution in [0, 0.1) is 0 Å². The summed E-state index contributed by atoms with van der Waals surface area (Å²) in [6.45, 7) is -0.00658. The van der Waals surface area contributed by atoms with Gasteiger partial charge in [-0.15, -0.1) is 0 Å². The highest BCUT2D eigenvalue weighted by Gasteiger charge is 2.17. The molecule has 1 amide bonds. The molecule has 0 bridgehead atoms. The van der Waals surface area contributed by atoms with Crippen molar-refractivity contribution in [3.63, 3.8) is 0 Å². The molecular formula is C11H12N2O2. The maximum Gasteiger partial charge on any atom is 0.234 e. The third-order valence-corrected chi connectivity index (χ3v) is 2.22. The Morgan fingerprint density at radius 2 is 2.27 bits per heavy atom. The fourth-order valence-corrected chi connectivity index (χ4v) is 1.50. The number of carbonyl (C=O) groups is 1. The molecule has 4 heteroatoms. The number of nitrogens with one attached hydrogen (secondary N) is 1. The van der Waals surface area contributed by atoms with Gasteiger partial charge in [0.15, 0.2) is 0 Å². The molecule has 1 atom stereocenters. The van der Waals surface area contributed by atoms with Gasteiger partial charge in [-0.2, -0.15) is 0 Å². The lowest BCUT2D eigenvalue weighted by Gasteiger charge is -2.21. The number of fused-ring (bicyclic) bond motifs is 1. The first-order valence-corrected chi connectivity index (χ1v) is 4.73. The Morgan fingerprint density at radius 1 is 1.47 bits per heavy atom. The first-order valence-electron chi connectivity index (χ1n) is 4.73. The summed E-state index contributed by atoms with van der Waals surface area (Å²) < 4.78 is 5.31. The predicted octanol–water partition coefficient (Wildman–Crippen LogP) is 0.709. The van der Waals surface area contributed by atoms with E-state index in [0.717, 1.165) is 11.3 Å². The summed E-state index contributed by atoms with van der Waals surface area (Å²) in [7, 11) is 0. The van der Waals surface area contributed by atoms with Crippen LogP contribution in [-0.2, 0) is 4.79 Å². The summed E-state index contributed by atoms with van der Waals surface area (Å²) in [5, 5.41) is 2.79. The Balaban J connectivity index is 2.22. The second-order valence-corrected chi connectivity index (χ2v) is 3.23. The molecular weight excluding hydrogens is 192 g/mol. The molecule has 0 radical (unpaired) electrons. The quantitative estimate of drug-likeness (QED) is 0.745. The number of nitrogens with two attached hydrogens (primary N) is 1. The molecule has 78 valence electrons. The van der Waals surface area contributed by atoms with Gasteiger partial charge in [-0.05, 0) is 12.1 Å². The summed E-state index contributed by atoms with van der Waals surface area (Å²) in [5.41, 5.74) is 6.19. The van der Waals surface area contributed by atoms with Gasteiger partial charge < -0.3 is 15.8 Å². The van der Waals surface area contributed by atoms with E-state index in [1.165, 1.54) is 0 Å². The third-order valence-electron chi connectivity index (χ3n) is 2.22. The van der Waals surface area contributed by atoms with Gasteiger partial charge in [-0.3, -0.25) is 4.79 Å². The Hall–Kier alpha value is -1.81. The molecule has 1 aromatic rings. The highest BCUT2D eigenvalue weighted by molar-refractivity contribution is 5.78. The fourth-order valence-electron chi connectivity index (χ4n) is 1.50. The molecule has 0 unspecified atom stereocenters. The molecule has 1 heterocycles. The van der Waals surface area contributed by atoms with Crippen LogP contribution in [0.1, 0.15) is 11.6 Å². The topological polar surface area (TPSA) is 64.4 Å². The van der Waals surface area contributed by atoms with Crippen molar-refractivity contribution in [3.8, 4) is 5.75 Å². The SMILES string of the molecule is NCC(=O)N[C@@H]1C=COc2ccccc21. The van der Waals surface area contributed by atoms with E-state index in [9.17, 15) is 4.79 Å². The van der Waals surface area contributed by atoms with Gasteiger partial charge >= 0.3 is 0 Å². The van der Waals surface area contributed by atoms with E-state index in [-0.39, 0.29) is 18.5 Å². The van der Waals surface area contributed by atoms with Crippen molar-refractivity contribution in [1.29, 1.82) is 0 Å². The van der Waals surface area contributed by atoms with Crippen LogP contribution < -0.4 is 15.8 Å². The van der Waals surface area contributed by atoms with Crippen LogP contribution in [0.15, 0.2) is 36.6 Å². The van der Waals surface area contributed by atoms with Crippen molar-refractivity contribution >= 4 is 5.91 Å². The van der Waals surface area contributed by atoms with Gasteiger partial charge in [0.05, 0.1) is 18.8 Å². The summed E-state index contributed by atoms with van der Waals surface area (Å²) >= 11 is 0. The standard InChI is InChI=1S/C11H12N2O2/c12-7-11(14)13-9-5-6-15-10-4-2-1-3-8(9)10/h1-6,9H,7,12H2,(H,13,14)/t9-/m1/s1. The fraction of sp³-hybridized carbons (Fsp3) is 0.182. The largest absolute Gasteiger partial charge is 0.465 e. The maximum atomic E-state index is 11.2. The lowest BCUT2D eigenvalue weighted by molar-refractivity contribution is -0.120. The summed E-state index contributed by atoms with van der Waals surface area (Å²) in [4.78, 5) is 11.2. The zero-order chi connectivity index (χ0) is 10.7. The average molecular weight is 204 g/mol. The van der Waals surface area contributed by atoms with Crippen molar-refractivity contribution in [2.75, 3.05) is 6.54 Å². The zero-order valence-corrected chi connectivity index (χ0v) is 8.14. The van der Waals surface area contributed by atoms with Crippen LogP contribution >= 0.6 is 0 Å². The van der Waals surface area contributed by atoms with E-state index >= 15 is 0 Å². The Morgan fingerprint density at radius 3 is 3.07 bits per heavy atom. The van der Waals surface area contributed by atoms with Crippen molar-refractivity contribution in [3.05, 3.63) is 42.2 Å². The second-order valence-electron chi connectivity index (χ2n) is 3.23. The number of hydrogen-bond acceptors (Lipinski definition) is 3. The summed E-state index contributed by atoms with van der Waals surface area (Å²) in [6.07, 6.45) is 3.36.